The van der Waals surface area contributed by atoms with Crippen molar-refractivity contribution in [2.24, 2.45) is 0 Å². The summed E-state index contributed by atoms with van der Waals surface area (Å²) in [5.74, 6) is 0. The summed E-state index contributed by atoms with van der Waals surface area (Å²) in [7, 11) is 0. The maximum atomic E-state index is 10.4. The highest BCUT2D eigenvalue weighted by Crippen LogP contribution is 2.23. The van der Waals surface area contributed by atoms with Crippen LogP contribution in [0.5, 0.6) is 0 Å². The van der Waals surface area contributed by atoms with Gasteiger partial charge in [0.2, 0.25) is 0 Å². The summed E-state index contributed by atoms with van der Waals surface area (Å²) in [6.07, 6.45) is 2.73. The van der Waals surface area contributed by atoms with Crippen molar-refractivity contribution in [2.75, 3.05) is 0 Å². The van der Waals surface area contributed by atoms with E-state index in [1.807, 2.05) is 0 Å². The third-order valence-corrected chi connectivity index (χ3v) is 1.95. The van der Waals surface area contributed by atoms with Gasteiger partial charge in [-0.05, 0) is 0 Å². The molecule has 5 nitrogen and oxygen atoms in total. The van der Waals surface area contributed by atoms with Gasteiger partial charge in [0.15, 0.2) is 0 Å². The monoisotopic (exact) mass is 197 g/mol. The standard InChI is InChI=1S/C7H4ClN3O2/c8-5-3-9-6-1-4(11(12)13)2-10-7(5)6/h1-3,9H. The number of nitrogens with one attached hydrogen (secondary N) is 1. The summed E-state index contributed by atoms with van der Waals surface area (Å²) in [4.78, 5) is 16.5. The maximum absolute atomic E-state index is 10.4. The second-order valence-corrected chi connectivity index (χ2v) is 2.89. The molecule has 0 bridgehead atoms. The molecule has 0 aromatic carbocycles. The van der Waals surface area contributed by atoms with E-state index in [0.717, 1.165) is 0 Å². The lowest BCUT2D eigenvalue weighted by Gasteiger charge is -1.90. The molecule has 2 rings (SSSR count). The van der Waals surface area contributed by atoms with Crippen LogP contribution in [0.4, 0.5) is 5.69 Å². The van der Waals surface area contributed by atoms with Crippen LogP contribution in [0.3, 0.4) is 0 Å². The Morgan fingerprint density at radius 3 is 3.08 bits per heavy atom. The SMILES string of the molecule is O=[N+]([O-])c1cnc2c(Cl)c[nH]c2c1. The molecule has 0 aliphatic rings. The second kappa shape index (κ2) is 2.70. The van der Waals surface area contributed by atoms with Gasteiger partial charge in [-0.15, -0.1) is 0 Å². The molecule has 2 heterocycles. The molecular formula is C7H4ClN3O2. The Labute approximate surface area is 77.5 Å². The van der Waals surface area contributed by atoms with Crippen LogP contribution in [-0.4, -0.2) is 14.9 Å². The molecule has 0 saturated heterocycles. The van der Waals surface area contributed by atoms with E-state index in [4.69, 9.17) is 11.6 Å². The molecule has 0 fully saturated rings. The predicted molar refractivity (Wildman–Crippen MR) is 47.8 cm³/mol. The van der Waals surface area contributed by atoms with Crippen molar-refractivity contribution in [1.29, 1.82) is 0 Å². The first-order chi connectivity index (χ1) is 6.18. The number of rotatable bonds is 1. The van der Waals surface area contributed by atoms with Crippen LogP contribution in [-0.2, 0) is 0 Å². The fourth-order valence-corrected chi connectivity index (χ4v) is 1.27. The van der Waals surface area contributed by atoms with Crippen LogP contribution >= 0.6 is 11.6 Å². The Kier molecular flexibility index (Phi) is 1.66. The average Bonchev–Trinajstić information content (AvgIpc) is 2.47. The van der Waals surface area contributed by atoms with Gasteiger partial charge in [-0.1, -0.05) is 11.6 Å². The number of hydrogen-bond donors (Lipinski definition) is 1. The van der Waals surface area contributed by atoms with Gasteiger partial charge in [0, 0.05) is 12.3 Å². The minimum Gasteiger partial charge on any atom is -0.358 e. The third-order valence-electron chi connectivity index (χ3n) is 1.66. The molecule has 0 radical (unpaired) electrons. The first-order valence-electron chi connectivity index (χ1n) is 3.45. The van der Waals surface area contributed by atoms with E-state index < -0.39 is 4.92 Å². The summed E-state index contributed by atoms with van der Waals surface area (Å²) < 4.78 is 0. The van der Waals surface area contributed by atoms with E-state index in [9.17, 15) is 10.1 Å². The van der Waals surface area contributed by atoms with Gasteiger partial charge in [-0.2, -0.15) is 0 Å². The lowest BCUT2D eigenvalue weighted by molar-refractivity contribution is -0.385. The van der Waals surface area contributed by atoms with Gasteiger partial charge in [0.05, 0.1) is 15.5 Å². The van der Waals surface area contributed by atoms with E-state index in [0.29, 0.717) is 16.1 Å². The molecule has 1 N–H and O–H groups in total. The fourth-order valence-electron chi connectivity index (χ4n) is 1.06. The number of H-pyrrole nitrogens is 1. The topological polar surface area (TPSA) is 71.8 Å². The van der Waals surface area contributed by atoms with E-state index in [1.54, 1.807) is 6.20 Å². The normalized spacial score (nSPS) is 10.5. The van der Waals surface area contributed by atoms with Crippen molar-refractivity contribution in [3.05, 3.63) is 33.6 Å². The lowest BCUT2D eigenvalue weighted by atomic mass is 10.3. The number of hydrogen-bond acceptors (Lipinski definition) is 3. The Bertz CT molecular complexity index is 480. The number of aromatic nitrogens is 2. The molecule has 2 aromatic heterocycles. The molecule has 0 amide bonds. The molecule has 0 spiro atoms. The Morgan fingerprint density at radius 1 is 1.62 bits per heavy atom. The maximum Gasteiger partial charge on any atom is 0.289 e. The molecule has 0 unspecified atom stereocenters. The summed E-state index contributed by atoms with van der Waals surface area (Å²) in [6, 6.07) is 1.40. The Hall–Kier alpha value is -1.62. The lowest BCUT2D eigenvalue weighted by Crippen LogP contribution is -1.88. The zero-order chi connectivity index (χ0) is 9.42. The molecule has 0 atom stereocenters. The number of halogens is 1. The van der Waals surface area contributed by atoms with Crippen molar-refractivity contribution in [1.82, 2.24) is 9.97 Å². The quantitative estimate of drug-likeness (QED) is 0.562. The predicted octanol–water partition coefficient (Wildman–Crippen LogP) is 2.12. The van der Waals surface area contributed by atoms with Gasteiger partial charge >= 0.3 is 0 Å². The van der Waals surface area contributed by atoms with Gasteiger partial charge in [0.25, 0.3) is 5.69 Å². The van der Waals surface area contributed by atoms with Crippen molar-refractivity contribution < 1.29 is 4.92 Å². The molecule has 0 saturated carbocycles. The van der Waals surface area contributed by atoms with E-state index in [-0.39, 0.29) is 5.69 Å². The molecule has 0 aliphatic heterocycles. The number of nitrogens with zero attached hydrogens (tertiary/aromatic N) is 2. The van der Waals surface area contributed by atoms with Crippen molar-refractivity contribution in [3.63, 3.8) is 0 Å². The van der Waals surface area contributed by atoms with Crippen molar-refractivity contribution in [2.45, 2.75) is 0 Å². The molecule has 13 heavy (non-hydrogen) atoms. The highest BCUT2D eigenvalue weighted by atomic mass is 35.5. The number of nitro groups is 1. The van der Waals surface area contributed by atoms with Gasteiger partial charge in [-0.25, -0.2) is 4.98 Å². The molecule has 6 heteroatoms. The van der Waals surface area contributed by atoms with Crippen molar-refractivity contribution in [3.8, 4) is 0 Å². The highest BCUT2D eigenvalue weighted by molar-refractivity contribution is 6.35. The largest absolute Gasteiger partial charge is 0.358 e. The van der Waals surface area contributed by atoms with Crippen LogP contribution < -0.4 is 0 Å². The zero-order valence-corrected chi connectivity index (χ0v) is 7.08. The molecule has 2 aromatic rings. The third kappa shape index (κ3) is 1.23. The van der Waals surface area contributed by atoms with Crippen LogP contribution in [0.15, 0.2) is 18.5 Å². The van der Waals surface area contributed by atoms with E-state index >= 15 is 0 Å². The summed E-state index contributed by atoms with van der Waals surface area (Å²) >= 11 is 5.74. The van der Waals surface area contributed by atoms with Gasteiger partial charge in [0.1, 0.15) is 11.7 Å². The molecule has 66 valence electrons. The number of aromatic amines is 1. The number of fused-ring (bicyclic) bond motifs is 1. The average molecular weight is 198 g/mol. The smallest absolute Gasteiger partial charge is 0.289 e. The number of pyridine rings is 1. The van der Waals surface area contributed by atoms with Crippen molar-refractivity contribution >= 4 is 28.3 Å². The summed E-state index contributed by atoms with van der Waals surface area (Å²) in [5.41, 5.74) is 1.07. The van der Waals surface area contributed by atoms with Crippen LogP contribution in [0.1, 0.15) is 0 Å². The Balaban J connectivity index is 2.70. The minimum atomic E-state index is -0.499. The second-order valence-electron chi connectivity index (χ2n) is 2.48. The first kappa shape index (κ1) is 8.00. The van der Waals surface area contributed by atoms with Gasteiger partial charge in [-0.3, -0.25) is 10.1 Å². The van der Waals surface area contributed by atoms with Crippen LogP contribution in [0.25, 0.3) is 11.0 Å². The summed E-state index contributed by atoms with van der Waals surface area (Å²) in [5, 5.41) is 10.8. The van der Waals surface area contributed by atoms with Crippen LogP contribution in [0, 0.1) is 10.1 Å². The highest BCUT2D eigenvalue weighted by Gasteiger charge is 2.09. The summed E-state index contributed by atoms with van der Waals surface area (Å²) in [6.45, 7) is 0. The van der Waals surface area contributed by atoms with Crippen LogP contribution in [0.2, 0.25) is 5.02 Å². The minimum absolute atomic E-state index is 0.0500. The molecule has 0 aliphatic carbocycles. The molecular weight excluding hydrogens is 194 g/mol. The zero-order valence-electron chi connectivity index (χ0n) is 6.32. The first-order valence-corrected chi connectivity index (χ1v) is 3.83. The van der Waals surface area contributed by atoms with E-state index in [1.165, 1.54) is 12.3 Å². The van der Waals surface area contributed by atoms with E-state index in [2.05, 4.69) is 9.97 Å². The Morgan fingerprint density at radius 2 is 2.38 bits per heavy atom. The fraction of sp³-hybridized carbons (Fsp3) is 0. The van der Waals surface area contributed by atoms with Gasteiger partial charge < -0.3 is 4.98 Å².